The monoisotopic (exact) mass is 713 g/mol. The molecule has 2 aromatic carbocycles. The lowest BCUT2D eigenvalue weighted by molar-refractivity contribution is -0.139. The lowest BCUT2D eigenvalue weighted by atomic mass is 9.68. The van der Waals surface area contributed by atoms with E-state index in [1.54, 1.807) is 33.1 Å². The van der Waals surface area contributed by atoms with Gasteiger partial charge in [0.2, 0.25) is 0 Å². The largest absolute Gasteiger partial charge is 0.490 e. The van der Waals surface area contributed by atoms with Crippen molar-refractivity contribution in [1.29, 1.82) is 0 Å². The molecule has 10 nitrogen and oxygen atoms in total. The third-order valence-electron chi connectivity index (χ3n) is 11.3. The Labute approximate surface area is 295 Å². The maximum Gasteiger partial charge on any atom is 0.265 e. The average molecular weight is 714 g/mol. The normalized spacial score (nSPS) is 30.5. The molecule has 0 radical (unpaired) electrons. The summed E-state index contributed by atoms with van der Waals surface area (Å²) in [5.41, 5.74) is 1.54. The van der Waals surface area contributed by atoms with E-state index in [2.05, 4.69) is 32.7 Å². The highest BCUT2D eigenvalue weighted by Gasteiger charge is 2.45. The molecule has 3 heterocycles. The van der Waals surface area contributed by atoms with Gasteiger partial charge in [-0.05, 0) is 99.2 Å². The summed E-state index contributed by atoms with van der Waals surface area (Å²) in [6.07, 6.45) is 9.15. The van der Waals surface area contributed by atoms with Gasteiger partial charge in [-0.1, -0.05) is 29.8 Å². The van der Waals surface area contributed by atoms with E-state index in [9.17, 15) is 13.2 Å². The number of hydrogen-bond donors (Lipinski definition) is 1. The number of ether oxygens (including phenoxy) is 4. The Balaban J connectivity index is 1.23. The number of fused-ring (bicyclic) bond motifs is 4. The number of benzene rings is 2. The van der Waals surface area contributed by atoms with Crippen LogP contribution in [0.3, 0.4) is 0 Å². The number of anilines is 1. The van der Waals surface area contributed by atoms with Crippen LogP contribution in [0.2, 0.25) is 5.02 Å². The summed E-state index contributed by atoms with van der Waals surface area (Å²) in [6.45, 7) is 8.45. The predicted octanol–water partition coefficient (Wildman–Crippen LogP) is 4.73. The maximum atomic E-state index is 13.6. The van der Waals surface area contributed by atoms with E-state index in [1.807, 2.05) is 12.1 Å². The molecule has 266 valence electrons. The number of nitrogens with one attached hydrogen (secondary N) is 1. The van der Waals surface area contributed by atoms with Crippen LogP contribution in [0.1, 0.15) is 50.7 Å². The zero-order valence-electron chi connectivity index (χ0n) is 28.7. The number of amides is 1. The number of rotatable bonds is 5. The second-order valence-corrected chi connectivity index (χ2v) is 17.0. The minimum atomic E-state index is -4.20. The van der Waals surface area contributed by atoms with Crippen molar-refractivity contribution in [2.45, 2.75) is 74.1 Å². The second kappa shape index (κ2) is 13.8. The SMILES string of the molecule is COC1CN(CCO[C@H]2/C=C\COC(C)(C)C(=O)NS(=O)(=O)c3ccc4c(c3)N(C[C@@H]3CC[C@H]32)C[C@@]2(CCCc3cc(Cl)ccc32)CO4)C1. The van der Waals surface area contributed by atoms with Crippen LogP contribution in [0, 0.1) is 11.8 Å². The molecule has 1 saturated carbocycles. The fourth-order valence-corrected chi connectivity index (χ4v) is 9.42. The Hall–Kier alpha value is -2.67. The van der Waals surface area contributed by atoms with Crippen LogP contribution >= 0.6 is 11.6 Å². The molecular formula is C37H48ClN3O7S. The molecule has 1 saturated heterocycles. The van der Waals surface area contributed by atoms with Crippen LogP contribution < -0.4 is 14.4 Å². The molecular weight excluding hydrogens is 666 g/mol. The first-order chi connectivity index (χ1) is 23.5. The molecule has 3 aliphatic heterocycles. The van der Waals surface area contributed by atoms with Crippen LogP contribution in [0.5, 0.6) is 5.75 Å². The van der Waals surface area contributed by atoms with Crippen LogP contribution in [0.15, 0.2) is 53.4 Å². The summed E-state index contributed by atoms with van der Waals surface area (Å²) in [7, 11) is -2.44. The zero-order valence-corrected chi connectivity index (χ0v) is 30.2. The van der Waals surface area contributed by atoms with Crippen LogP contribution in [0.4, 0.5) is 5.69 Å². The molecule has 7 rings (SSSR count). The topological polar surface area (TPSA) is 107 Å². The van der Waals surface area contributed by atoms with Crippen molar-refractivity contribution in [3.63, 3.8) is 0 Å². The molecule has 4 atom stereocenters. The smallest absolute Gasteiger partial charge is 0.265 e. The predicted molar refractivity (Wildman–Crippen MR) is 188 cm³/mol. The Kier molecular flexibility index (Phi) is 9.79. The van der Waals surface area contributed by atoms with Crippen molar-refractivity contribution < 1.29 is 32.2 Å². The van der Waals surface area contributed by atoms with Crippen molar-refractivity contribution in [1.82, 2.24) is 9.62 Å². The van der Waals surface area contributed by atoms with Crippen molar-refractivity contribution in [3.8, 4) is 5.75 Å². The first-order valence-corrected chi connectivity index (χ1v) is 19.4. The fraction of sp³-hybridized carbons (Fsp3) is 0.595. The van der Waals surface area contributed by atoms with Crippen molar-refractivity contribution >= 4 is 33.2 Å². The lowest BCUT2D eigenvalue weighted by Gasteiger charge is -2.46. The van der Waals surface area contributed by atoms with Gasteiger partial charge in [-0.15, -0.1) is 0 Å². The maximum absolute atomic E-state index is 13.6. The van der Waals surface area contributed by atoms with Gasteiger partial charge in [0, 0.05) is 50.3 Å². The third-order valence-corrected chi connectivity index (χ3v) is 12.9. The number of carbonyl (C=O) groups excluding carboxylic acids is 1. The minimum Gasteiger partial charge on any atom is -0.490 e. The number of methoxy groups -OCH3 is 1. The fourth-order valence-electron chi connectivity index (χ4n) is 8.11. The minimum absolute atomic E-state index is 0.0100. The van der Waals surface area contributed by atoms with Gasteiger partial charge in [-0.2, -0.15) is 0 Å². The molecule has 1 spiro atoms. The lowest BCUT2D eigenvalue weighted by Crippen LogP contribution is -2.53. The molecule has 1 amide bonds. The summed E-state index contributed by atoms with van der Waals surface area (Å²) >= 11 is 6.45. The standard InChI is InChI=1S/C37H48ClN3O7S/c1-36(2)35(42)39-49(43,44)29-10-13-34-32(19-29)41(23-37(24-47-34)14-4-6-25-18-27(38)9-12-31(25)37)20-26-8-11-30(26)33(7-5-16-48-36)46-17-15-40-21-28(22-40)45-3/h5,7,9-10,12-13,18-19,26,28,30,33H,4,6,8,11,14-17,20-24H2,1-3H3,(H,39,42)/b7-5-/t26-,30+,33-,37-/m0/s1. The summed E-state index contributed by atoms with van der Waals surface area (Å²) in [6, 6.07) is 11.1. The van der Waals surface area contributed by atoms with Gasteiger partial charge in [0.1, 0.15) is 11.4 Å². The molecule has 12 heteroatoms. The van der Waals surface area contributed by atoms with Gasteiger partial charge < -0.3 is 23.8 Å². The average Bonchev–Trinajstić information content (AvgIpc) is 3.18. The number of likely N-dealkylation sites (tertiary alicyclic amines) is 1. The molecule has 2 bridgehead atoms. The van der Waals surface area contributed by atoms with Gasteiger partial charge in [0.15, 0.2) is 0 Å². The Bertz CT molecular complexity index is 1690. The van der Waals surface area contributed by atoms with E-state index >= 15 is 0 Å². The van der Waals surface area contributed by atoms with Crippen LogP contribution in [0.25, 0.3) is 0 Å². The highest BCUT2D eigenvalue weighted by atomic mass is 35.5. The van der Waals surface area contributed by atoms with E-state index in [0.29, 0.717) is 37.5 Å². The quantitative estimate of drug-likeness (QED) is 0.441. The molecule has 0 aromatic heterocycles. The first-order valence-electron chi connectivity index (χ1n) is 17.5. The molecule has 2 fully saturated rings. The number of sulfonamides is 1. The number of hydrogen-bond acceptors (Lipinski definition) is 9. The zero-order chi connectivity index (χ0) is 34.4. The first kappa shape index (κ1) is 34.8. The number of nitrogens with zero attached hydrogens (tertiary/aromatic N) is 2. The van der Waals surface area contributed by atoms with Gasteiger partial charge in [-0.3, -0.25) is 9.69 Å². The Morgan fingerprint density at radius 2 is 1.94 bits per heavy atom. The highest BCUT2D eigenvalue weighted by molar-refractivity contribution is 7.90. The van der Waals surface area contributed by atoms with Gasteiger partial charge >= 0.3 is 0 Å². The van der Waals surface area contributed by atoms with Gasteiger partial charge in [0.05, 0.1) is 42.6 Å². The van der Waals surface area contributed by atoms with E-state index in [-0.39, 0.29) is 28.9 Å². The summed E-state index contributed by atoms with van der Waals surface area (Å²) < 4.78 is 54.1. The van der Waals surface area contributed by atoms with Gasteiger partial charge in [-0.25, -0.2) is 13.1 Å². The molecule has 5 aliphatic rings. The summed E-state index contributed by atoms with van der Waals surface area (Å²) in [5.74, 6) is 0.498. The van der Waals surface area contributed by atoms with E-state index in [1.165, 1.54) is 17.2 Å². The number of aryl methyl sites for hydroxylation is 1. The Morgan fingerprint density at radius 3 is 2.71 bits per heavy atom. The van der Waals surface area contributed by atoms with Crippen LogP contribution in [-0.2, 0) is 40.9 Å². The molecule has 0 unspecified atom stereocenters. The van der Waals surface area contributed by atoms with Crippen molar-refractivity contribution in [2.75, 3.05) is 64.6 Å². The van der Waals surface area contributed by atoms with Crippen LogP contribution in [-0.4, -0.2) is 96.7 Å². The molecule has 2 aromatic rings. The molecule has 2 aliphatic carbocycles. The highest BCUT2D eigenvalue weighted by Crippen LogP contribution is 2.47. The number of carbonyl (C=O) groups is 1. The molecule has 1 N–H and O–H groups in total. The third kappa shape index (κ3) is 7.12. The van der Waals surface area contributed by atoms with Crippen molar-refractivity contribution in [2.24, 2.45) is 11.8 Å². The summed E-state index contributed by atoms with van der Waals surface area (Å²) in [5, 5.41) is 0.730. The summed E-state index contributed by atoms with van der Waals surface area (Å²) in [4.78, 5) is 18.0. The van der Waals surface area contributed by atoms with Gasteiger partial charge in [0.25, 0.3) is 15.9 Å². The Morgan fingerprint density at radius 1 is 1.10 bits per heavy atom. The molecule has 49 heavy (non-hydrogen) atoms. The number of halogens is 1. The van der Waals surface area contributed by atoms with E-state index in [0.717, 1.165) is 69.0 Å². The van der Waals surface area contributed by atoms with E-state index < -0.39 is 21.5 Å². The van der Waals surface area contributed by atoms with Crippen molar-refractivity contribution in [3.05, 3.63) is 64.7 Å². The second-order valence-electron chi connectivity index (χ2n) is 14.9. The van der Waals surface area contributed by atoms with E-state index in [4.69, 9.17) is 30.5 Å².